The predicted octanol–water partition coefficient (Wildman–Crippen LogP) is 5.00. The molecule has 9 heteroatoms. The van der Waals surface area contributed by atoms with Gasteiger partial charge in [-0.1, -0.05) is 17.4 Å². The van der Waals surface area contributed by atoms with E-state index < -0.39 is 4.92 Å². The summed E-state index contributed by atoms with van der Waals surface area (Å²) in [6, 6.07) is 10.8. The summed E-state index contributed by atoms with van der Waals surface area (Å²) in [5.41, 5.74) is 3.54. The van der Waals surface area contributed by atoms with Gasteiger partial charge in [0.1, 0.15) is 0 Å². The third-order valence-corrected chi connectivity index (χ3v) is 7.94. The number of amides is 1. The van der Waals surface area contributed by atoms with Crippen LogP contribution < -0.4 is 4.90 Å². The van der Waals surface area contributed by atoms with E-state index in [0.717, 1.165) is 33.8 Å². The summed E-state index contributed by atoms with van der Waals surface area (Å²) in [4.78, 5) is 33.2. The molecule has 1 amide bonds. The Morgan fingerprint density at radius 1 is 1.06 bits per heavy atom. The molecule has 1 aliphatic rings. The third kappa shape index (κ3) is 3.64. The zero-order valence-corrected chi connectivity index (χ0v) is 18.8. The number of fused-ring (bicyclic) bond motifs is 2. The fourth-order valence-corrected chi connectivity index (χ4v) is 6.08. The molecule has 1 fully saturated rings. The van der Waals surface area contributed by atoms with Crippen molar-refractivity contribution in [2.75, 3.05) is 31.1 Å². The number of aromatic nitrogens is 1. The van der Waals surface area contributed by atoms with Gasteiger partial charge in [0.2, 0.25) is 0 Å². The first-order valence-electron chi connectivity index (χ1n) is 9.99. The largest absolute Gasteiger partial charge is 0.345 e. The van der Waals surface area contributed by atoms with Crippen molar-refractivity contribution in [1.82, 2.24) is 9.88 Å². The lowest BCUT2D eigenvalue weighted by Crippen LogP contribution is -2.48. The molecule has 0 saturated carbocycles. The van der Waals surface area contributed by atoms with E-state index in [1.165, 1.54) is 39.3 Å². The van der Waals surface area contributed by atoms with E-state index in [1.807, 2.05) is 4.90 Å². The highest BCUT2D eigenvalue weighted by atomic mass is 32.1. The van der Waals surface area contributed by atoms with E-state index in [-0.39, 0.29) is 11.6 Å². The van der Waals surface area contributed by atoms with Crippen molar-refractivity contribution in [2.24, 2.45) is 0 Å². The quantitative estimate of drug-likeness (QED) is 0.323. The monoisotopic (exact) mass is 452 g/mol. The first-order valence-corrected chi connectivity index (χ1v) is 11.6. The maximum absolute atomic E-state index is 13.0. The van der Waals surface area contributed by atoms with Crippen LogP contribution >= 0.6 is 22.7 Å². The number of thiophene rings is 1. The number of rotatable bonds is 3. The van der Waals surface area contributed by atoms with Crippen LogP contribution in [0.2, 0.25) is 0 Å². The second-order valence-corrected chi connectivity index (χ2v) is 9.86. The Kier molecular flexibility index (Phi) is 4.86. The van der Waals surface area contributed by atoms with Crippen LogP contribution in [0.1, 0.15) is 20.8 Å². The zero-order valence-electron chi connectivity index (χ0n) is 17.1. The molecule has 0 unspecified atom stereocenters. The molecule has 1 aliphatic heterocycles. The van der Waals surface area contributed by atoms with E-state index in [4.69, 9.17) is 4.98 Å². The Morgan fingerprint density at radius 3 is 2.58 bits per heavy atom. The number of aryl methyl sites for hydroxylation is 2. The summed E-state index contributed by atoms with van der Waals surface area (Å²) in [6.45, 7) is 6.93. The van der Waals surface area contributed by atoms with E-state index in [2.05, 4.69) is 30.9 Å². The molecule has 7 nitrogen and oxygen atoms in total. The van der Waals surface area contributed by atoms with Crippen LogP contribution in [-0.4, -0.2) is 46.9 Å². The number of hydrogen-bond donors (Lipinski definition) is 0. The van der Waals surface area contributed by atoms with Gasteiger partial charge >= 0.3 is 0 Å². The number of anilines is 1. The average molecular weight is 453 g/mol. The third-order valence-electron chi connectivity index (χ3n) is 5.57. The van der Waals surface area contributed by atoms with Crippen LogP contribution in [0.4, 0.5) is 10.8 Å². The van der Waals surface area contributed by atoms with Gasteiger partial charge in [-0.3, -0.25) is 14.9 Å². The highest BCUT2D eigenvalue weighted by molar-refractivity contribution is 7.22. The van der Waals surface area contributed by atoms with Gasteiger partial charge in [-0.15, -0.1) is 11.3 Å². The second kappa shape index (κ2) is 7.58. The van der Waals surface area contributed by atoms with Gasteiger partial charge in [0.25, 0.3) is 11.6 Å². The molecular formula is C22H20N4O3S2. The van der Waals surface area contributed by atoms with Crippen LogP contribution in [-0.2, 0) is 0 Å². The first kappa shape index (κ1) is 19.9. The van der Waals surface area contributed by atoms with Gasteiger partial charge in [0.15, 0.2) is 5.13 Å². The highest BCUT2D eigenvalue weighted by Crippen LogP contribution is 2.33. The molecule has 5 rings (SSSR count). The minimum absolute atomic E-state index is 0.0146. The second-order valence-electron chi connectivity index (χ2n) is 7.80. The lowest BCUT2D eigenvalue weighted by molar-refractivity contribution is -0.384. The van der Waals surface area contributed by atoms with Gasteiger partial charge in [-0.05, 0) is 43.2 Å². The molecule has 0 atom stereocenters. The minimum atomic E-state index is -0.414. The summed E-state index contributed by atoms with van der Waals surface area (Å²) in [5.74, 6) is -0.0146. The van der Waals surface area contributed by atoms with Gasteiger partial charge in [-0.2, -0.15) is 0 Å². The molecule has 1 saturated heterocycles. The Hall–Kier alpha value is -3.04. The van der Waals surface area contributed by atoms with E-state index in [9.17, 15) is 14.9 Å². The average Bonchev–Trinajstić information content (AvgIpc) is 3.37. The first-order chi connectivity index (χ1) is 14.9. The maximum atomic E-state index is 13.0. The van der Waals surface area contributed by atoms with E-state index in [1.54, 1.807) is 23.5 Å². The maximum Gasteiger partial charge on any atom is 0.270 e. The van der Waals surface area contributed by atoms with Crippen LogP contribution in [0.25, 0.3) is 20.3 Å². The van der Waals surface area contributed by atoms with Crippen molar-refractivity contribution in [3.63, 3.8) is 0 Å². The Bertz CT molecular complexity index is 1340. The molecule has 0 N–H and O–H groups in total. The molecule has 158 valence electrons. The number of carbonyl (C=O) groups is 1. The van der Waals surface area contributed by atoms with Gasteiger partial charge in [0.05, 0.1) is 20.0 Å². The minimum Gasteiger partial charge on any atom is -0.345 e. The van der Waals surface area contributed by atoms with Gasteiger partial charge in [0, 0.05) is 48.4 Å². The highest BCUT2D eigenvalue weighted by Gasteiger charge is 2.25. The van der Waals surface area contributed by atoms with Crippen molar-refractivity contribution in [3.8, 4) is 0 Å². The number of carbonyl (C=O) groups excluding carboxylic acids is 1. The Morgan fingerprint density at radius 2 is 1.84 bits per heavy atom. The van der Waals surface area contributed by atoms with Crippen molar-refractivity contribution in [3.05, 3.63) is 62.5 Å². The van der Waals surface area contributed by atoms with Crippen LogP contribution in [0.3, 0.4) is 0 Å². The van der Waals surface area contributed by atoms with Crippen molar-refractivity contribution in [2.45, 2.75) is 13.8 Å². The summed E-state index contributed by atoms with van der Waals surface area (Å²) in [7, 11) is 0. The fraction of sp³-hybridized carbons (Fsp3) is 0.273. The van der Waals surface area contributed by atoms with Crippen LogP contribution in [0, 0.1) is 24.0 Å². The lowest BCUT2D eigenvalue weighted by Gasteiger charge is -2.34. The number of benzene rings is 2. The number of thiazole rings is 1. The fourth-order valence-electron chi connectivity index (χ4n) is 4.01. The predicted molar refractivity (Wildman–Crippen MR) is 126 cm³/mol. The van der Waals surface area contributed by atoms with Gasteiger partial charge in [-0.25, -0.2) is 4.98 Å². The molecule has 0 bridgehead atoms. The normalized spacial score (nSPS) is 14.5. The molecule has 0 spiro atoms. The zero-order chi connectivity index (χ0) is 21.7. The number of hydrogen-bond acceptors (Lipinski definition) is 7. The van der Waals surface area contributed by atoms with E-state index >= 15 is 0 Å². The molecule has 0 aliphatic carbocycles. The molecule has 31 heavy (non-hydrogen) atoms. The van der Waals surface area contributed by atoms with Crippen molar-refractivity contribution in [1.29, 1.82) is 0 Å². The van der Waals surface area contributed by atoms with Crippen molar-refractivity contribution >= 4 is 59.7 Å². The molecule has 0 radical (unpaired) electrons. The van der Waals surface area contributed by atoms with Crippen molar-refractivity contribution < 1.29 is 9.72 Å². The number of nitrogens with zero attached hydrogens (tertiary/aromatic N) is 4. The summed E-state index contributed by atoms with van der Waals surface area (Å²) < 4.78 is 2.10. The number of non-ortho nitro benzene ring substituents is 1. The van der Waals surface area contributed by atoms with Crippen LogP contribution in [0.5, 0.6) is 0 Å². The lowest BCUT2D eigenvalue weighted by atomic mass is 10.1. The smallest absolute Gasteiger partial charge is 0.270 e. The summed E-state index contributed by atoms with van der Waals surface area (Å²) >= 11 is 3.09. The number of piperazine rings is 1. The SMILES string of the molecule is Cc1cc(C)c2sc(N3CCN(C(=O)c4cc5cc([N+](=O)[O-])ccc5s4)CC3)nc2c1. The Balaban J connectivity index is 1.31. The number of nitro benzene ring substituents is 1. The summed E-state index contributed by atoms with van der Waals surface area (Å²) in [6.07, 6.45) is 0. The molecule has 3 heterocycles. The molecule has 4 aromatic rings. The standard InChI is InChI=1S/C22H20N4O3S2/c1-13-9-14(2)20-17(10-13)23-22(31-20)25-7-5-24(6-8-25)21(27)19-12-15-11-16(26(28)29)3-4-18(15)30-19/h3-4,9-12H,5-8H2,1-2H3. The molecule has 2 aromatic carbocycles. The summed E-state index contributed by atoms with van der Waals surface area (Å²) in [5, 5.41) is 12.7. The van der Waals surface area contributed by atoms with Gasteiger partial charge < -0.3 is 9.80 Å². The van der Waals surface area contributed by atoms with Crippen LogP contribution in [0.15, 0.2) is 36.4 Å². The molecular weight excluding hydrogens is 432 g/mol. The Labute approximate surface area is 186 Å². The molecule has 2 aromatic heterocycles. The number of nitro groups is 1. The topological polar surface area (TPSA) is 79.6 Å². The van der Waals surface area contributed by atoms with E-state index in [0.29, 0.717) is 18.0 Å².